The third kappa shape index (κ3) is 4.05. The zero-order valence-electron chi connectivity index (χ0n) is 13.1. The predicted octanol–water partition coefficient (Wildman–Crippen LogP) is 2.16. The molecule has 1 amide bonds. The van der Waals surface area contributed by atoms with Crippen molar-refractivity contribution >= 4 is 18.3 Å². The molecule has 5 nitrogen and oxygen atoms in total. The maximum Gasteiger partial charge on any atom is 0.226 e. The molecule has 1 aromatic rings. The van der Waals surface area contributed by atoms with Crippen molar-refractivity contribution in [1.82, 2.24) is 4.90 Å². The molecule has 124 valence electrons. The standard InChI is InChI=1S/C16H24N2O3.ClH/c1-18(16(20)13-5-3-4-12(13)9-17)10-11-6-7-14(19)15(8-11)21-2;/h6-8,12-13,19H,3-5,9-10,17H2,1-2H3;1H/t12-,13-;/m1./s1. The quantitative estimate of drug-likeness (QED) is 0.868. The SMILES string of the molecule is COc1cc(CN(C)C(=O)[C@@H]2CCC[C@@H]2CN)ccc1O.Cl. The summed E-state index contributed by atoms with van der Waals surface area (Å²) in [5.41, 5.74) is 6.69. The molecule has 0 radical (unpaired) electrons. The zero-order valence-corrected chi connectivity index (χ0v) is 13.9. The van der Waals surface area contributed by atoms with Crippen LogP contribution in [0.5, 0.6) is 11.5 Å². The highest BCUT2D eigenvalue weighted by atomic mass is 35.5. The van der Waals surface area contributed by atoms with E-state index in [0.29, 0.717) is 24.8 Å². The summed E-state index contributed by atoms with van der Waals surface area (Å²) in [6, 6.07) is 5.15. The minimum absolute atomic E-state index is 0. The fourth-order valence-corrected chi connectivity index (χ4v) is 3.10. The van der Waals surface area contributed by atoms with Crippen molar-refractivity contribution in [1.29, 1.82) is 0 Å². The van der Waals surface area contributed by atoms with Gasteiger partial charge in [-0.1, -0.05) is 12.5 Å². The average molecular weight is 329 g/mol. The molecule has 3 N–H and O–H groups in total. The number of amides is 1. The molecule has 6 heteroatoms. The van der Waals surface area contributed by atoms with E-state index in [9.17, 15) is 9.90 Å². The molecular weight excluding hydrogens is 304 g/mol. The molecule has 0 unspecified atom stereocenters. The third-order valence-corrected chi connectivity index (χ3v) is 4.32. The Morgan fingerprint density at radius 1 is 1.45 bits per heavy atom. The Morgan fingerprint density at radius 3 is 2.82 bits per heavy atom. The van der Waals surface area contributed by atoms with E-state index in [1.54, 1.807) is 23.1 Å². The second-order valence-corrected chi connectivity index (χ2v) is 5.73. The maximum absolute atomic E-state index is 12.5. The van der Waals surface area contributed by atoms with E-state index >= 15 is 0 Å². The van der Waals surface area contributed by atoms with Gasteiger partial charge in [0.25, 0.3) is 0 Å². The van der Waals surface area contributed by atoms with Crippen LogP contribution >= 0.6 is 12.4 Å². The van der Waals surface area contributed by atoms with Crippen LogP contribution in [0, 0.1) is 11.8 Å². The summed E-state index contributed by atoms with van der Waals surface area (Å²) in [7, 11) is 3.33. The fourth-order valence-electron chi connectivity index (χ4n) is 3.10. The molecular formula is C16H25ClN2O3. The Bertz CT molecular complexity index is 510. The van der Waals surface area contributed by atoms with E-state index in [2.05, 4.69) is 0 Å². The summed E-state index contributed by atoms with van der Waals surface area (Å²) in [6.45, 7) is 1.08. The number of nitrogens with zero attached hydrogens (tertiary/aromatic N) is 1. The number of aromatic hydroxyl groups is 1. The van der Waals surface area contributed by atoms with Gasteiger partial charge in [0.1, 0.15) is 0 Å². The fraction of sp³-hybridized carbons (Fsp3) is 0.562. The van der Waals surface area contributed by atoms with Crippen molar-refractivity contribution in [2.24, 2.45) is 17.6 Å². The van der Waals surface area contributed by atoms with Crippen LogP contribution in [0.4, 0.5) is 0 Å². The number of nitrogens with two attached hydrogens (primary N) is 1. The van der Waals surface area contributed by atoms with Gasteiger partial charge in [-0.05, 0) is 43.0 Å². The van der Waals surface area contributed by atoms with Crippen LogP contribution in [0.2, 0.25) is 0 Å². The van der Waals surface area contributed by atoms with Gasteiger partial charge in [0.05, 0.1) is 7.11 Å². The molecule has 0 spiro atoms. The average Bonchev–Trinajstić information content (AvgIpc) is 2.96. The van der Waals surface area contributed by atoms with Gasteiger partial charge in [0.2, 0.25) is 5.91 Å². The van der Waals surface area contributed by atoms with Gasteiger partial charge in [-0.25, -0.2) is 0 Å². The Morgan fingerprint density at radius 2 is 2.18 bits per heavy atom. The summed E-state index contributed by atoms with van der Waals surface area (Å²) in [4.78, 5) is 14.3. The lowest BCUT2D eigenvalue weighted by Crippen LogP contribution is -2.36. The molecule has 1 aliphatic rings. The van der Waals surface area contributed by atoms with Crippen LogP contribution < -0.4 is 10.5 Å². The topological polar surface area (TPSA) is 75.8 Å². The van der Waals surface area contributed by atoms with Crippen molar-refractivity contribution in [2.45, 2.75) is 25.8 Å². The third-order valence-electron chi connectivity index (χ3n) is 4.32. The van der Waals surface area contributed by atoms with Gasteiger partial charge >= 0.3 is 0 Å². The van der Waals surface area contributed by atoms with E-state index in [0.717, 1.165) is 24.8 Å². The number of hydrogen-bond donors (Lipinski definition) is 2. The number of carbonyl (C=O) groups is 1. The Balaban J connectivity index is 0.00000242. The van der Waals surface area contributed by atoms with Crippen molar-refractivity contribution in [3.05, 3.63) is 23.8 Å². The van der Waals surface area contributed by atoms with E-state index in [4.69, 9.17) is 10.5 Å². The van der Waals surface area contributed by atoms with Crippen molar-refractivity contribution in [2.75, 3.05) is 20.7 Å². The van der Waals surface area contributed by atoms with Gasteiger partial charge < -0.3 is 20.5 Å². The minimum atomic E-state index is 0. The monoisotopic (exact) mass is 328 g/mol. The van der Waals surface area contributed by atoms with E-state index in [1.807, 2.05) is 7.05 Å². The highest BCUT2D eigenvalue weighted by Crippen LogP contribution is 2.33. The second kappa shape index (κ2) is 8.25. The summed E-state index contributed by atoms with van der Waals surface area (Å²) >= 11 is 0. The maximum atomic E-state index is 12.5. The number of halogens is 1. The molecule has 0 saturated heterocycles. The Hall–Kier alpha value is -1.46. The summed E-state index contributed by atoms with van der Waals surface area (Å²) in [5.74, 6) is 1.06. The smallest absolute Gasteiger partial charge is 0.226 e. The highest BCUT2D eigenvalue weighted by molar-refractivity contribution is 5.85. The molecule has 0 heterocycles. The summed E-state index contributed by atoms with van der Waals surface area (Å²) < 4.78 is 5.09. The van der Waals surface area contributed by atoms with Crippen LogP contribution in [0.15, 0.2) is 18.2 Å². The lowest BCUT2D eigenvalue weighted by atomic mass is 9.95. The number of hydrogen-bond acceptors (Lipinski definition) is 4. The minimum Gasteiger partial charge on any atom is -0.504 e. The van der Waals surface area contributed by atoms with Gasteiger partial charge in [0.15, 0.2) is 11.5 Å². The van der Waals surface area contributed by atoms with Crippen molar-refractivity contribution < 1.29 is 14.6 Å². The van der Waals surface area contributed by atoms with Crippen LogP contribution in [-0.2, 0) is 11.3 Å². The number of phenolic OH excluding ortho intramolecular Hbond substituents is 1. The number of carbonyl (C=O) groups excluding carboxylic acids is 1. The first-order valence-electron chi connectivity index (χ1n) is 7.37. The molecule has 1 aromatic carbocycles. The molecule has 0 aromatic heterocycles. The summed E-state index contributed by atoms with van der Waals surface area (Å²) in [5, 5.41) is 9.60. The molecule has 0 aliphatic heterocycles. The Labute approximate surface area is 137 Å². The highest BCUT2D eigenvalue weighted by Gasteiger charge is 2.33. The van der Waals surface area contributed by atoms with Gasteiger partial charge in [-0.2, -0.15) is 0 Å². The van der Waals surface area contributed by atoms with Crippen LogP contribution in [-0.4, -0.2) is 36.6 Å². The normalized spacial score (nSPS) is 20.3. The molecule has 1 saturated carbocycles. The van der Waals surface area contributed by atoms with Crippen molar-refractivity contribution in [3.8, 4) is 11.5 Å². The van der Waals surface area contributed by atoms with Crippen molar-refractivity contribution in [3.63, 3.8) is 0 Å². The molecule has 22 heavy (non-hydrogen) atoms. The predicted molar refractivity (Wildman–Crippen MR) is 88.3 cm³/mol. The molecule has 1 fully saturated rings. The first-order chi connectivity index (χ1) is 10.1. The Kier molecular flexibility index (Phi) is 6.97. The summed E-state index contributed by atoms with van der Waals surface area (Å²) in [6.07, 6.45) is 3.07. The number of phenols is 1. The van der Waals surface area contributed by atoms with Gasteiger partial charge in [0, 0.05) is 19.5 Å². The van der Waals surface area contributed by atoms with Gasteiger partial charge in [-0.3, -0.25) is 4.79 Å². The van der Waals surface area contributed by atoms with Gasteiger partial charge in [-0.15, -0.1) is 12.4 Å². The molecule has 2 rings (SSSR count). The largest absolute Gasteiger partial charge is 0.504 e. The zero-order chi connectivity index (χ0) is 15.4. The van der Waals surface area contributed by atoms with E-state index < -0.39 is 0 Å². The lowest BCUT2D eigenvalue weighted by Gasteiger charge is -2.24. The molecule has 2 atom stereocenters. The lowest BCUT2D eigenvalue weighted by molar-refractivity contribution is -0.135. The van der Waals surface area contributed by atoms with Crippen LogP contribution in [0.25, 0.3) is 0 Å². The number of ether oxygens (including phenoxy) is 1. The molecule has 1 aliphatic carbocycles. The number of benzene rings is 1. The van der Waals surface area contributed by atoms with E-state index in [-0.39, 0.29) is 30.0 Å². The second-order valence-electron chi connectivity index (χ2n) is 5.73. The number of methoxy groups -OCH3 is 1. The number of rotatable bonds is 5. The van der Waals surface area contributed by atoms with Crippen LogP contribution in [0.3, 0.4) is 0 Å². The van der Waals surface area contributed by atoms with Crippen LogP contribution in [0.1, 0.15) is 24.8 Å². The van der Waals surface area contributed by atoms with E-state index in [1.165, 1.54) is 7.11 Å². The first kappa shape index (κ1) is 18.6. The first-order valence-corrected chi connectivity index (χ1v) is 7.37. The molecule has 0 bridgehead atoms.